The minimum absolute atomic E-state index is 0.0503. The molecule has 6 nitrogen and oxygen atoms in total. The molecule has 0 aliphatic heterocycles. The quantitative estimate of drug-likeness (QED) is 0.671. The molecule has 1 aromatic heterocycles. The van der Waals surface area contributed by atoms with E-state index in [1.807, 2.05) is 41.5 Å². The van der Waals surface area contributed by atoms with E-state index in [-0.39, 0.29) is 11.1 Å². The third kappa shape index (κ3) is 2.96. The van der Waals surface area contributed by atoms with Gasteiger partial charge in [0, 0.05) is 10.8 Å². The Kier molecular flexibility index (Phi) is 4.65. The summed E-state index contributed by atoms with van der Waals surface area (Å²) in [6.45, 7) is 11.1. The molecule has 0 fully saturated rings. The zero-order chi connectivity index (χ0) is 17.5. The minimum Gasteiger partial charge on any atom is -0.465 e. The van der Waals surface area contributed by atoms with E-state index < -0.39 is 22.8 Å². The molecule has 0 radical (unpaired) electrons. The van der Waals surface area contributed by atoms with Gasteiger partial charge in [0.15, 0.2) is 0 Å². The van der Waals surface area contributed by atoms with Gasteiger partial charge in [-0.25, -0.2) is 9.59 Å². The molecular formula is C16H25NO5. The van der Waals surface area contributed by atoms with Crippen LogP contribution in [0.5, 0.6) is 0 Å². The number of carbonyl (C=O) groups excluding carboxylic acids is 2. The first-order chi connectivity index (χ1) is 9.87. The number of rotatable bonds is 2. The van der Waals surface area contributed by atoms with E-state index in [2.05, 4.69) is 0 Å². The fourth-order valence-corrected chi connectivity index (χ4v) is 2.55. The molecule has 1 N–H and O–H groups in total. The van der Waals surface area contributed by atoms with E-state index in [9.17, 15) is 14.8 Å². The first kappa shape index (κ1) is 18.1. The molecule has 0 aliphatic rings. The fraction of sp³-hybridized carbons (Fsp3) is 0.625. The van der Waals surface area contributed by atoms with Crippen molar-refractivity contribution in [2.24, 2.45) is 0 Å². The van der Waals surface area contributed by atoms with Crippen LogP contribution in [0.3, 0.4) is 0 Å². The summed E-state index contributed by atoms with van der Waals surface area (Å²) in [6, 6.07) is 0. The Balaban J connectivity index is 4.00. The Morgan fingerprint density at radius 3 is 1.27 bits per heavy atom. The number of ether oxygens (including phenoxy) is 2. The molecule has 6 heteroatoms. The van der Waals surface area contributed by atoms with Crippen molar-refractivity contribution >= 4 is 11.9 Å². The third-order valence-electron chi connectivity index (χ3n) is 3.35. The number of hydrogen-bond donors (Lipinski definition) is 1. The molecule has 0 saturated heterocycles. The van der Waals surface area contributed by atoms with Crippen LogP contribution in [0, 0.1) is 0 Å². The van der Waals surface area contributed by atoms with Crippen LogP contribution in [0.25, 0.3) is 0 Å². The van der Waals surface area contributed by atoms with Crippen molar-refractivity contribution < 1.29 is 24.3 Å². The zero-order valence-corrected chi connectivity index (χ0v) is 14.5. The van der Waals surface area contributed by atoms with E-state index in [1.54, 1.807) is 0 Å². The van der Waals surface area contributed by atoms with Gasteiger partial charge in [0.25, 0.3) is 0 Å². The van der Waals surface area contributed by atoms with Crippen LogP contribution in [-0.2, 0) is 20.3 Å². The van der Waals surface area contributed by atoms with Gasteiger partial charge in [-0.15, -0.1) is 0 Å². The highest BCUT2D eigenvalue weighted by Crippen LogP contribution is 2.38. The maximum atomic E-state index is 12.3. The molecule has 0 spiro atoms. The summed E-state index contributed by atoms with van der Waals surface area (Å²) in [4.78, 5) is 24.5. The molecule has 0 aliphatic carbocycles. The second kappa shape index (κ2) is 5.66. The van der Waals surface area contributed by atoms with Gasteiger partial charge in [-0.3, -0.25) is 0 Å². The summed E-state index contributed by atoms with van der Waals surface area (Å²) in [5.41, 5.74) is -0.410. The number of carbonyl (C=O) groups is 2. The number of nitrogens with zero attached hydrogens (tertiary/aromatic N) is 1. The summed E-state index contributed by atoms with van der Waals surface area (Å²) >= 11 is 0. The molecular weight excluding hydrogens is 286 g/mol. The maximum absolute atomic E-state index is 12.3. The predicted molar refractivity (Wildman–Crippen MR) is 81.7 cm³/mol. The van der Waals surface area contributed by atoms with Crippen molar-refractivity contribution in [2.45, 2.75) is 52.4 Å². The number of aromatic nitrogens is 1. The van der Waals surface area contributed by atoms with Crippen LogP contribution < -0.4 is 0 Å². The lowest BCUT2D eigenvalue weighted by molar-refractivity contribution is 0.0553. The van der Waals surface area contributed by atoms with Gasteiger partial charge in [0.1, 0.15) is 0 Å². The lowest BCUT2D eigenvalue weighted by Crippen LogP contribution is -2.24. The average molecular weight is 311 g/mol. The van der Waals surface area contributed by atoms with Crippen molar-refractivity contribution in [1.29, 1.82) is 0 Å². The molecule has 0 bridgehead atoms. The van der Waals surface area contributed by atoms with Gasteiger partial charge < -0.3 is 14.7 Å². The Labute approximate surface area is 131 Å². The van der Waals surface area contributed by atoms with Gasteiger partial charge in [0.2, 0.25) is 0 Å². The van der Waals surface area contributed by atoms with Crippen molar-refractivity contribution in [3.05, 3.63) is 22.5 Å². The van der Waals surface area contributed by atoms with Crippen LogP contribution in [0.15, 0.2) is 0 Å². The second-order valence-corrected chi connectivity index (χ2v) is 7.24. The number of methoxy groups -OCH3 is 2. The lowest BCUT2D eigenvalue weighted by atomic mass is 9.86. The van der Waals surface area contributed by atoms with Crippen LogP contribution in [-0.4, -0.2) is 36.1 Å². The summed E-state index contributed by atoms with van der Waals surface area (Å²) in [6.07, 6.45) is 0. The van der Waals surface area contributed by atoms with E-state index in [0.717, 1.165) is 4.73 Å². The van der Waals surface area contributed by atoms with E-state index in [4.69, 9.17) is 9.47 Å². The fourth-order valence-electron chi connectivity index (χ4n) is 2.55. The largest absolute Gasteiger partial charge is 0.465 e. The summed E-state index contributed by atoms with van der Waals surface area (Å²) < 4.78 is 10.6. The van der Waals surface area contributed by atoms with Gasteiger partial charge in [0.05, 0.1) is 36.7 Å². The first-order valence-electron chi connectivity index (χ1n) is 7.03. The maximum Gasteiger partial charge on any atom is 0.340 e. The minimum atomic E-state index is -0.677. The summed E-state index contributed by atoms with van der Waals surface area (Å²) in [5.74, 6) is -1.35. The molecule has 0 saturated carbocycles. The van der Waals surface area contributed by atoms with Crippen molar-refractivity contribution in [1.82, 2.24) is 4.73 Å². The molecule has 0 atom stereocenters. The van der Waals surface area contributed by atoms with Gasteiger partial charge in [-0.2, -0.15) is 4.73 Å². The van der Waals surface area contributed by atoms with E-state index in [0.29, 0.717) is 11.4 Å². The predicted octanol–water partition coefficient (Wildman–Crippen LogP) is 2.89. The third-order valence-corrected chi connectivity index (χ3v) is 3.35. The molecule has 1 aromatic rings. The molecule has 1 rings (SSSR count). The topological polar surface area (TPSA) is 77.8 Å². The molecule has 0 unspecified atom stereocenters. The van der Waals surface area contributed by atoms with Crippen LogP contribution in [0.4, 0.5) is 0 Å². The molecule has 1 heterocycles. The average Bonchev–Trinajstić information content (AvgIpc) is 2.69. The van der Waals surface area contributed by atoms with Crippen molar-refractivity contribution in [3.8, 4) is 0 Å². The van der Waals surface area contributed by atoms with Crippen LogP contribution >= 0.6 is 0 Å². The molecule has 22 heavy (non-hydrogen) atoms. The lowest BCUT2D eigenvalue weighted by Gasteiger charge is -2.23. The first-order valence-corrected chi connectivity index (χ1v) is 7.03. The number of hydrogen-bond acceptors (Lipinski definition) is 5. The monoisotopic (exact) mass is 311 g/mol. The highest BCUT2D eigenvalue weighted by atomic mass is 16.5. The Morgan fingerprint density at radius 2 is 1.09 bits per heavy atom. The number of esters is 2. The normalized spacial score (nSPS) is 12.2. The standard InChI is InChI=1S/C16H25NO5/c1-15(2,3)11-9(13(18)21-7)10(14(19)22-8)12(17(11)20)16(4,5)6/h20H,1-8H3. The van der Waals surface area contributed by atoms with Gasteiger partial charge in [-0.05, 0) is 0 Å². The highest BCUT2D eigenvalue weighted by molar-refractivity contribution is 6.05. The van der Waals surface area contributed by atoms with Crippen LogP contribution in [0.1, 0.15) is 73.6 Å². The van der Waals surface area contributed by atoms with Crippen molar-refractivity contribution in [3.63, 3.8) is 0 Å². The molecule has 124 valence electrons. The van der Waals surface area contributed by atoms with Gasteiger partial charge >= 0.3 is 11.9 Å². The van der Waals surface area contributed by atoms with E-state index >= 15 is 0 Å². The second-order valence-electron chi connectivity index (χ2n) is 7.24. The molecule has 0 aromatic carbocycles. The Hall–Kier alpha value is -1.98. The van der Waals surface area contributed by atoms with Crippen LogP contribution in [0.2, 0.25) is 0 Å². The SMILES string of the molecule is COC(=O)c1c(C(=O)OC)c(C(C)(C)C)n(O)c1C(C)(C)C. The van der Waals surface area contributed by atoms with Gasteiger partial charge in [-0.1, -0.05) is 41.5 Å². The summed E-state index contributed by atoms with van der Waals surface area (Å²) in [5, 5.41) is 10.7. The Morgan fingerprint density at radius 1 is 0.818 bits per heavy atom. The van der Waals surface area contributed by atoms with Crippen molar-refractivity contribution in [2.75, 3.05) is 14.2 Å². The smallest absolute Gasteiger partial charge is 0.340 e. The molecule has 0 amide bonds. The summed E-state index contributed by atoms with van der Waals surface area (Å²) in [7, 11) is 2.47. The Bertz CT molecular complexity index is 548. The zero-order valence-electron chi connectivity index (χ0n) is 14.5. The highest BCUT2D eigenvalue weighted by Gasteiger charge is 2.40. The van der Waals surface area contributed by atoms with E-state index in [1.165, 1.54) is 14.2 Å².